The van der Waals surface area contributed by atoms with E-state index in [1.165, 1.54) is 0 Å². The van der Waals surface area contributed by atoms with Crippen molar-refractivity contribution in [2.24, 2.45) is 0 Å². The smallest absolute Gasteiger partial charge is 0.322 e. The summed E-state index contributed by atoms with van der Waals surface area (Å²) in [4.78, 5) is 19.6. The molecular formula is C20H25N7O. The van der Waals surface area contributed by atoms with Crippen molar-refractivity contribution in [3.8, 4) is 0 Å². The monoisotopic (exact) mass is 379 g/mol. The van der Waals surface area contributed by atoms with Crippen LogP contribution in [0, 0.1) is 0 Å². The Kier molecular flexibility index (Phi) is 4.26. The van der Waals surface area contributed by atoms with Crippen molar-refractivity contribution in [2.45, 2.75) is 57.5 Å². The first-order valence-electron chi connectivity index (χ1n) is 10.2. The van der Waals surface area contributed by atoms with Crippen molar-refractivity contribution in [1.29, 1.82) is 0 Å². The lowest BCUT2D eigenvalue weighted by Gasteiger charge is -2.35. The number of rotatable bonds is 4. The highest BCUT2D eigenvalue weighted by molar-refractivity contribution is 5.89. The lowest BCUT2D eigenvalue weighted by atomic mass is 10.0. The van der Waals surface area contributed by atoms with Gasteiger partial charge in [-0.25, -0.2) is 9.78 Å². The van der Waals surface area contributed by atoms with E-state index in [2.05, 4.69) is 32.0 Å². The van der Waals surface area contributed by atoms with Gasteiger partial charge in [0, 0.05) is 37.6 Å². The molecule has 8 heteroatoms. The fraction of sp³-hybridized carbons (Fsp3) is 0.500. The van der Waals surface area contributed by atoms with Crippen LogP contribution >= 0.6 is 0 Å². The number of imidazole rings is 1. The Labute approximate surface area is 163 Å². The van der Waals surface area contributed by atoms with Crippen LogP contribution in [0.4, 0.5) is 10.5 Å². The average molecular weight is 379 g/mol. The lowest BCUT2D eigenvalue weighted by molar-refractivity contribution is 0.157. The Bertz CT molecular complexity index is 1000. The minimum Gasteiger partial charge on any atom is -0.333 e. The standard InChI is InChI=1S/C20H25N7O/c1-2-25-12-10-21-19(25)16-5-3-4-11-26(16)20(28)22-15-8-9-17-23-24-18(14-6-7-14)27(17)13-15/h8-10,12-14,16H,2-7,11H2,1H3,(H,22,28). The van der Waals surface area contributed by atoms with E-state index in [1.807, 2.05) is 40.0 Å². The molecule has 3 aromatic heterocycles. The number of carbonyl (C=O) groups is 1. The summed E-state index contributed by atoms with van der Waals surface area (Å²) in [6.07, 6.45) is 11.2. The number of amides is 2. The number of likely N-dealkylation sites (tertiary alicyclic amines) is 1. The number of urea groups is 1. The highest BCUT2D eigenvalue weighted by atomic mass is 16.2. The molecular weight excluding hydrogens is 354 g/mol. The van der Waals surface area contributed by atoms with E-state index in [0.717, 1.165) is 68.2 Å². The Hall–Kier alpha value is -2.90. The molecule has 5 rings (SSSR count). The minimum absolute atomic E-state index is 0.0179. The highest BCUT2D eigenvalue weighted by Gasteiger charge is 2.31. The van der Waals surface area contributed by atoms with E-state index in [1.54, 1.807) is 0 Å². The number of hydrogen-bond donors (Lipinski definition) is 1. The number of carbonyl (C=O) groups excluding carboxylic acids is 1. The zero-order chi connectivity index (χ0) is 19.1. The van der Waals surface area contributed by atoms with Gasteiger partial charge in [0.2, 0.25) is 0 Å². The van der Waals surface area contributed by atoms with Crippen molar-refractivity contribution >= 4 is 17.4 Å². The fourth-order valence-electron chi connectivity index (χ4n) is 4.13. The van der Waals surface area contributed by atoms with Gasteiger partial charge in [-0.1, -0.05) is 0 Å². The van der Waals surface area contributed by atoms with Gasteiger partial charge in [0.05, 0.1) is 11.7 Å². The first-order valence-corrected chi connectivity index (χ1v) is 10.2. The van der Waals surface area contributed by atoms with Gasteiger partial charge < -0.3 is 14.8 Å². The van der Waals surface area contributed by atoms with Crippen LogP contribution in [-0.4, -0.2) is 41.6 Å². The maximum atomic E-state index is 13.1. The van der Waals surface area contributed by atoms with Crippen LogP contribution in [0.15, 0.2) is 30.7 Å². The van der Waals surface area contributed by atoms with E-state index in [4.69, 9.17) is 0 Å². The molecule has 8 nitrogen and oxygen atoms in total. The van der Waals surface area contributed by atoms with E-state index in [-0.39, 0.29) is 12.1 Å². The van der Waals surface area contributed by atoms with Crippen molar-refractivity contribution < 1.29 is 4.79 Å². The predicted molar refractivity (Wildman–Crippen MR) is 105 cm³/mol. The lowest BCUT2D eigenvalue weighted by Crippen LogP contribution is -2.42. The zero-order valence-corrected chi connectivity index (χ0v) is 16.1. The first kappa shape index (κ1) is 17.2. The van der Waals surface area contributed by atoms with Gasteiger partial charge in [-0.3, -0.25) is 4.40 Å². The number of nitrogens with zero attached hydrogens (tertiary/aromatic N) is 6. The number of pyridine rings is 1. The number of piperidine rings is 1. The highest BCUT2D eigenvalue weighted by Crippen LogP contribution is 2.39. The summed E-state index contributed by atoms with van der Waals surface area (Å²) in [6.45, 7) is 3.70. The maximum Gasteiger partial charge on any atom is 0.322 e. The van der Waals surface area contributed by atoms with Crippen LogP contribution in [0.25, 0.3) is 5.65 Å². The molecule has 1 saturated carbocycles. The molecule has 1 aliphatic carbocycles. The molecule has 1 atom stereocenters. The van der Waals surface area contributed by atoms with Crippen LogP contribution in [0.2, 0.25) is 0 Å². The quantitative estimate of drug-likeness (QED) is 0.751. The summed E-state index contributed by atoms with van der Waals surface area (Å²) in [5.41, 5.74) is 1.59. The van der Waals surface area contributed by atoms with Gasteiger partial charge in [-0.2, -0.15) is 0 Å². The van der Waals surface area contributed by atoms with E-state index >= 15 is 0 Å². The Morgan fingerprint density at radius 3 is 2.89 bits per heavy atom. The molecule has 1 unspecified atom stereocenters. The Morgan fingerprint density at radius 1 is 1.18 bits per heavy atom. The number of aromatic nitrogens is 5. The molecule has 2 amide bonds. The summed E-state index contributed by atoms with van der Waals surface area (Å²) >= 11 is 0. The molecule has 0 spiro atoms. The fourth-order valence-corrected chi connectivity index (χ4v) is 4.13. The molecule has 1 saturated heterocycles. The van der Waals surface area contributed by atoms with Crippen LogP contribution in [0.1, 0.15) is 62.6 Å². The molecule has 2 fully saturated rings. The molecule has 28 heavy (non-hydrogen) atoms. The minimum atomic E-state index is -0.0734. The third-order valence-corrected chi connectivity index (χ3v) is 5.77. The SMILES string of the molecule is CCn1ccnc1C1CCCCN1C(=O)Nc1ccc2nnc(C3CC3)n2c1. The van der Waals surface area contributed by atoms with Gasteiger partial charge >= 0.3 is 6.03 Å². The third-order valence-electron chi connectivity index (χ3n) is 5.77. The molecule has 0 aromatic carbocycles. The van der Waals surface area contributed by atoms with Gasteiger partial charge in [0.15, 0.2) is 5.65 Å². The molecule has 3 aromatic rings. The van der Waals surface area contributed by atoms with Crippen LogP contribution in [0.5, 0.6) is 0 Å². The molecule has 2 aliphatic rings. The number of hydrogen-bond acceptors (Lipinski definition) is 4. The van der Waals surface area contributed by atoms with E-state index in [0.29, 0.717) is 5.92 Å². The number of fused-ring (bicyclic) bond motifs is 1. The average Bonchev–Trinajstić information content (AvgIpc) is 3.30. The molecule has 0 radical (unpaired) electrons. The molecule has 1 N–H and O–H groups in total. The van der Waals surface area contributed by atoms with Crippen LogP contribution in [-0.2, 0) is 6.54 Å². The second-order valence-corrected chi connectivity index (χ2v) is 7.69. The largest absolute Gasteiger partial charge is 0.333 e. The summed E-state index contributed by atoms with van der Waals surface area (Å²) in [7, 11) is 0. The Balaban J connectivity index is 1.39. The number of aryl methyl sites for hydroxylation is 1. The Morgan fingerprint density at radius 2 is 2.07 bits per heavy atom. The van der Waals surface area contributed by atoms with Crippen molar-refractivity contribution in [3.05, 3.63) is 42.4 Å². The van der Waals surface area contributed by atoms with Gasteiger partial charge in [0.25, 0.3) is 0 Å². The summed E-state index contributed by atoms with van der Waals surface area (Å²) < 4.78 is 4.13. The van der Waals surface area contributed by atoms with Crippen molar-refractivity contribution in [2.75, 3.05) is 11.9 Å². The summed E-state index contributed by atoms with van der Waals surface area (Å²) in [5, 5.41) is 11.6. The molecule has 4 heterocycles. The van der Waals surface area contributed by atoms with E-state index in [9.17, 15) is 4.79 Å². The molecule has 1 aliphatic heterocycles. The maximum absolute atomic E-state index is 13.1. The summed E-state index contributed by atoms with van der Waals surface area (Å²) in [6, 6.07) is 3.75. The number of nitrogens with one attached hydrogen (secondary N) is 1. The third kappa shape index (κ3) is 3.02. The normalized spacial score (nSPS) is 19.9. The van der Waals surface area contributed by atoms with Gasteiger partial charge in [-0.15, -0.1) is 10.2 Å². The van der Waals surface area contributed by atoms with Gasteiger partial charge in [0.1, 0.15) is 11.6 Å². The van der Waals surface area contributed by atoms with E-state index < -0.39 is 0 Å². The number of anilines is 1. The molecule has 0 bridgehead atoms. The van der Waals surface area contributed by atoms with Crippen LogP contribution in [0.3, 0.4) is 0 Å². The van der Waals surface area contributed by atoms with Crippen molar-refractivity contribution in [1.82, 2.24) is 29.0 Å². The second-order valence-electron chi connectivity index (χ2n) is 7.69. The molecule has 146 valence electrons. The second kappa shape index (κ2) is 6.92. The van der Waals surface area contributed by atoms with Crippen molar-refractivity contribution in [3.63, 3.8) is 0 Å². The first-order chi connectivity index (χ1) is 13.7. The topological polar surface area (TPSA) is 80.3 Å². The van der Waals surface area contributed by atoms with Gasteiger partial charge in [-0.05, 0) is 51.2 Å². The summed E-state index contributed by atoms with van der Waals surface area (Å²) in [5.74, 6) is 2.47. The predicted octanol–water partition coefficient (Wildman–Crippen LogP) is 3.58. The zero-order valence-electron chi connectivity index (χ0n) is 16.1. The van der Waals surface area contributed by atoms with Crippen LogP contribution < -0.4 is 5.32 Å².